The first-order valence-electron chi connectivity index (χ1n) is 9.95. The predicted molar refractivity (Wildman–Crippen MR) is 106 cm³/mol. The normalized spacial score (nSPS) is 18.7. The molecule has 1 saturated heterocycles. The molecule has 2 rings (SSSR count). The van der Waals surface area contributed by atoms with Gasteiger partial charge in [0.1, 0.15) is 0 Å². The third-order valence-corrected chi connectivity index (χ3v) is 5.37. The molecular formula is C21H35N3O2. The molecule has 1 heterocycles. The van der Waals surface area contributed by atoms with E-state index in [0.29, 0.717) is 19.4 Å². The molecule has 4 N–H and O–H groups in total. The molecule has 0 aromatic heterocycles. The van der Waals surface area contributed by atoms with Crippen molar-refractivity contribution in [3.63, 3.8) is 0 Å². The topological polar surface area (TPSA) is 78.6 Å². The number of nitrogens with one attached hydrogen (secondary N) is 1. The van der Waals surface area contributed by atoms with Crippen LogP contribution in [0.15, 0.2) is 30.3 Å². The average molecular weight is 362 g/mol. The first kappa shape index (κ1) is 20.9. The van der Waals surface area contributed by atoms with Crippen LogP contribution in [0.2, 0.25) is 0 Å². The van der Waals surface area contributed by atoms with E-state index in [4.69, 9.17) is 5.73 Å². The number of amides is 1. The molecule has 26 heavy (non-hydrogen) atoms. The van der Waals surface area contributed by atoms with E-state index < -0.39 is 6.10 Å². The van der Waals surface area contributed by atoms with Crippen LogP contribution in [0.1, 0.15) is 38.7 Å². The van der Waals surface area contributed by atoms with Gasteiger partial charge in [-0.2, -0.15) is 0 Å². The van der Waals surface area contributed by atoms with E-state index in [9.17, 15) is 9.90 Å². The fourth-order valence-electron chi connectivity index (χ4n) is 3.61. The molecule has 1 amide bonds. The van der Waals surface area contributed by atoms with Crippen molar-refractivity contribution in [2.75, 3.05) is 26.2 Å². The van der Waals surface area contributed by atoms with Crippen molar-refractivity contribution >= 4 is 5.91 Å². The van der Waals surface area contributed by atoms with Crippen molar-refractivity contribution in [2.45, 2.75) is 51.7 Å². The number of hydrogen-bond acceptors (Lipinski definition) is 4. The second-order valence-electron chi connectivity index (χ2n) is 7.85. The van der Waals surface area contributed by atoms with Crippen molar-refractivity contribution in [3.05, 3.63) is 35.9 Å². The van der Waals surface area contributed by atoms with Crippen molar-refractivity contribution < 1.29 is 9.90 Å². The largest absolute Gasteiger partial charge is 0.391 e. The number of aliphatic hydroxyl groups excluding tert-OH is 1. The fraction of sp³-hybridized carbons (Fsp3) is 0.667. The van der Waals surface area contributed by atoms with Gasteiger partial charge in [-0.3, -0.25) is 4.79 Å². The molecule has 1 aliphatic heterocycles. The Balaban J connectivity index is 1.80. The maximum Gasteiger partial charge on any atom is 0.223 e. The van der Waals surface area contributed by atoms with Crippen molar-refractivity contribution in [1.82, 2.24) is 10.2 Å². The van der Waals surface area contributed by atoms with Crippen molar-refractivity contribution in [2.24, 2.45) is 17.6 Å². The second-order valence-corrected chi connectivity index (χ2v) is 7.85. The molecule has 1 fully saturated rings. The van der Waals surface area contributed by atoms with Crippen LogP contribution in [0.3, 0.4) is 0 Å². The summed E-state index contributed by atoms with van der Waals surface area (Å²) in [6, 6.07) is 9.57. The maximum atomic E-state index is 12.6. The quantitative estimate of drug-likeness (QED) is 0.594. The van der Waals surface area contributed by atoms with Gasteiger partial charge in [-0.1, -0.05) is 44.2 Å². The highest BCUT2D eigenvalue weighted by Gasteiger charge is 2.28. The minimum Gasteiger partial charge on any atom is -0.391 e. The number of benzene rings is 1. The Bertz CT molecular complexity index is 529. The van der Waals surface area contributed by atoms with Crippen molar-refractivity contribution in [3.8, 4) is 0 Å². The van der Waals surface area contributed by atoms with Crippen LogP contribution in [0, 0.1) is 11.8 Å². The van der Waals surface area contributed by atoms with Crippen LogP contribution < -0.4 is 11.1 Å². The van der Waals surface area contributed by atoms with Crippen LogP contribution in [-0.4, -0.2) is 54.2 Å². The Morgan fingerprint density at radius 1 is 1.23 bits per heavy atom. The molecule has 0 bridgehead atoms. The lowest BCUT2D eigenvalue weighted by molar-refractivity contribution is -0.127. The first-order chi connectivity index (χ1) is 12.5. The second kappa shape index (κ2) is 10.7. The monoisotopic (exact) mass is 361 g/mol. The Labute approximate surface area is 158 Å². The van der Waals surface area contributed by atoms with Gasteiger partial charge in [0.15, 0.2) is 0 Å². The number of nitrogens with two attached hydrogens (primary N) is 1. The maximum absolute atomic E-state index is 12.6. The average Bonchev–Trinajstić information content (AvgIpc) is 3.13. The van der Waals surface area contributed by atoms with Gasteiger partial charge in [0.05, 0.1) is 6.10 Å². The fourth-order valence-corrected chi connectivity index (χ4v) is 3.61. The summed E-state index contributed by atoms with van der Waals surface area (Å²) in [5, 5.41) is 13.6. The Morgan fingerprint density at radius 2 is 1.88 bits per heavy atom. The number of aliphatic hydroxyl groups is 1. The number of likely N-dealkylation sites (tertiary alicyclic amines) is 1. The van der Waals surface area contributed by atoms with Gasteiger partial charge in [0.25, 0.3) is 0 Å². The third-order valence-electron chi connectivity index (χ3n) is 5.37. The van der Waals surface area contributed by atoms with E-state index in [1.165, 1.54) is 12.8 Å². The van der Waals surface area contributed by atoms with Crippen LogP contribution in [0.5, 0.6) is 0 Å². The standard InChI is InChI=1S/C21H35N3O2/c1-16(2)18(21(26)23-10-13-24-11-6-7-12-24)15-20(25)19(22)14-17-8-4-3-5-9-17/h3-5,8-9,16,18-20,25H,6-7,10-15,22H2,1-2H3,(H,23,26)/t18-,19-,20-/m0/s1. The zero-order valence-electron chi connectivity index (χ0n) is 16.2. The van der Waals surface area contributed by atoms with E-state index in [1.807, 2.05) is 44.2 Å². The third kappa shape index (κ3) is 6.71. The molecule has 1 aliphatic rings. The van der Waals surface area contributed by atoms with E-state index in [2.05, 4.69) is 10.2 Å². The molecule has 146 valence electrons. The molecule has 0 saturated carbocycles. The summed E-state index contributed by atoms with van der Waals surface area (Å²) >= 11 is 0. The van der Waals surface area contributed by atoms with Crippen LogP contribution in [-0.2, 0) is 11.2 Å². The van der Waals surface area contributed by atoms with Gasteiger partial charge in [-0.15, -0.1) is 0 Å². The smallest absolute Gasteiger partial charge is 0.223 e. The number of carbonyl (C=O) groups is 1. The highest BCUT2D eigenvalue weighted by Crippen LogP contribution is 2.20. The molecule has 5 nitrogen and oxygen atoms in total. The van der Waals surface area contributed by atoms with Gasteiger partial charge in [-0.05, 0) is 50.3 Å². The summed E-state index contributed by atoms with van der Waals surface area (Å²) in [6.45, 7) is 7.91. The van der Waals surface area contributed by atoms with Gasteiger partial charge < -0.3 is 21.1 Å². The van der Waals surface area contributed by atoms with E-state index >= 15 is 0 Å². The zero-order valence-corrected chi connectivity index (χ0v) is 16.2. The summed E-state index contributed by atoms with van der Waals surface area (Å²) in [5.74, 6) is -0.0177. The number of rotatable bonds is 10. The summed E-state index contributed by atoms with van der Waals surface area (Å²) in [4.78, 5) is 15.0. The van der Waals surface area contributed by atoms with Crippen LogP contribution >= 0.6 is 0 Å². The summed E-state index contributed by atoms with van der Waals surface area (Å²) in [5.41, 5.74) is 7.30. The molecule has 0 radical (unpaired) electrons. The lowest BCUT2D eigenvalue weighted by Gasteiger charge is -2.26. The zero-order chi connectivity index (χ0) is 18.9. The molecule has 1 aromatic carbocycles. The highest BCUT2D eigenvalue weighted by molar-refractivity contribution is 5.78. The van der Waals surface area contributed by atoms with Gasteiger partial charge in [-0.25, -0.2) is 0 Å². The molecule has 5 heteroatoms. The van der Waals surface area contributed by atoms with E-state index in [0.717, 1.165) is 25.2 Å². The van der Waals surface area contributed by atoms with Gasteiger partial charge in [0, 0.05) is 25.0 Å². The number of carbonyl (C=O) groups excluding carboxylic acids is 1. The SMILES string of the molecule is CC(C)[C@H](C[C@H](O)[C@@H](N)Cc1ccccc1)C(=O)NCCN1CCCC1. The summed E-state index contributed by atoms with van der Waals surface area (Å²) in [6.07, 6.45) is 2.85. The van der Waals surface area contributed by atoms with Gasteiger partial charge in [0.2, 0.25) is 5.91 Å². The van der Waals surface area contributed by atoms with E-state index in [-0.39, 0.29) is 23.8 Å². The molecule has 0 spiro atoms. The first-order valence-corrected chi connectivity index (χ1v) is 9.95. The van der Waals surface area contributed by atoms with E-state index in [1.54, 1.807) is 0 Å². The minimum absolute atomic E-state index is 0.0326. The Morgan fingerprint density at radius 3 is 2.50 bits per heavy atom. The summed E-state index contributed by atoms with van der Waals surface area (Å²) in [7, 11) is 0. The van der Waals surface area contributed by atoms with Crippen LogP contribution in [0.4, 0.5) is 0 Å². The molecule has 0 unspecified atom stereocenters. The molecule has 0 aliphatic carbocycles. The predicted octanol–water partition coefficient (Wildman–Crippen LogP) is 1.79. The summed E-state index contributed by atoms with van der Waals surface area (Å²) < 4.78 is 0. The van der Waals surface area contributed by atoms with Crippen LogP contribution in [0.25, 0.3) is 0 Å². The Hall–Kier alpha value is -1.43. The number of nitrogens with zero attached hydrogens (tertiary/aromatic N) is 1. The highest BCUT2D eigenvalue weighted by atomic mass is 16.3. The lowest BCUT2D eigenvalue weighted by Crippen LogP contribution is -2.43. The lowest BCUT2D eigenvalue weighted by atomic mass is 9.86. The van der Waals surface area contributed by atoms with Crippen molar-refractivity contribution in [1.29, 1.82) is 0 Å². The molecule has 3 atom stereocenters. The van der Waals surface area contributed by atoms with Gasteiger partial charge >= 0.3 is 0 Å². The minimum atomic E-state index is -0.688. The molecule has 1 aromatic rings. The Kier molecular flexibility index (Phi) is 8.55. The molecular weight excluding hydrogens is 326 g/mol. The number of hydrogen-bond donors (Lipinski definition) is 3.